The lowest BCUT2D eigenvalue weighted by Gasteiger charge is -2.60. The van der Waals surface area contributed by atoms with Crippen LogP contribution in [-0.4, -0.2) is 26.4 Å². The maximum Gasteiger partial charge on any atom is 0.465 e. The molecule has 2 aliphatic heterocycles. The largest absolute Gasteiger partial charge is 0.465 e. The van der Waals surface area contributed by atoms with Crippen LogP contribution in [0.5, 0.6) is 0 Å². The predicted octanol–water partition coefficient (Wildman–Crippen LogP) is 8.61. The molecule has 0 saturated carbocycles. The Labute approximate surface area is 263 Å². The molecule has 222 valence electrons. The summed E-state index contributed by atoms with van der Waals surface area (Å²) < 4.78 is 29.0. The van der Waals surface area contributed by atoms with Crippen LogP contribution in [0.4, 0.5) is 0 Å². The first-order valence-corrected chi connectivity index (χ1v) is 15.8. The quantitative estimate of drug-likeness (QED) is 0.139. The maximum absolute atomic E-state index is 7.32. The van der Waals surface area contributed by atoms with Gasteiger partial charge in [-0.3, -0.25) is 0 Å². The fourth-order valence-electron chi connectivity index (χ4n) is 6.93. The summed E-state index contributed by atoms with van der Waals surface area (Å²) in [5.41, 5.74) is 1.93. The molecule has 6 heteroatoms. The zero-order valence-corrected chi connectivity index (χ0v) is 25.6. The summed E-state index contributed by atoms with van der Waals surface area (Å²) in [5.74, 6) is -0.137. The first-order chi connectivity index (χ1) is 21.6. The van der Waals surface area contributed by atoms with Crippen molar-refractivity contribution in [2.45, 2.75) is 61.7 Å². The van der Waals surface area contributed by atoms with Gasteiger partial charge in [0, 0.05) is 11.6 Å². The van der Waals surface area contributed by atoms with Crippen molar-refractivity contribution in [3.05, 3.63) is 169 Å². The van der Waals surface area contributed by atoms with Crippen molar-refractivity contribution < 1.29 is 18.6 Å². The summed E-state index contributed by atoms with van der Waals surface area (Å²) >= 11 is 0. The van der Waals surface area contributed by atoms with E-state index in [0.29, 0.717) is 0 Å². The standard InChI is InChI=1S/C38H40B2O4/c1-5-33(6-2)39-41-35-36(37(43-39,29-21-13-9-14-22-29)30-23-15-10-16-24-30)42-40(34(7-3)8-4)44-38(35,31-25-17-11-18-26-31)32-27-19-12-20-28-32/h5,7,9-28,33-36H,1,3,6,8H2,2,4H3/t33-,34-,35+,36+/m0/s1. The summed E-state index contributed by atoms with van der Waals surface area (Å²) in [7, 11) is -1.23. The summed E-state index contributed by atoms with van der Waals surface area (Å²) in [5, 5.41) is 0. The van der Waals surface area contributed by atoms with E-state index in [9.17, 15) is 0 Å². The van der Waals surface area contributed by atoms with Crippen LogP contribution in [0.1, 0.15) is 48.9 Å². The number of rotatable bonds is 10. The van der Waals surface area contributed by atoms with E-state index >= 15 is 0 Å². The molecule has 4 atom stereocenters. The molecular formula is C38H40B2O4. The lowest BCUT2D eigenvalue weighted by molar-refractivity contribution is -0.216. The molecule has 0 unspecified atom stereocenters. The molecule has 4 aromatic rings. The highest BCUT2D eigenvalue weighted by molar-refractivity contribution is 6.49. The van der Waals surface area contributed by atoms with E-state index in [4.69, 9.17) is 18.6 Å². The molecule has 0 N–H and O–H groups in total. The van der Waals surface area contributed by atoms with E-state index in [-0.39, 0.29) is 11.6 Å². The molecule has 2 aliphatic rings. The Kier molecular flexibility index (Phi) is 9.06. The van der Waals surface area contributed by atoms with Crippen LogP contribution in [0.3, 0.4) is 0 Å². The third kappa shape index (κ3) is 5.10. The Bertz CT molecular complexity index is 1320. The second-order valence-corrected chi connectivity index (χ2v) is 11.6. The molecule has 0 amide bonds. The zero-order chi connectivity index (χ0) is 30.6. The number of fused-ring (bicyclic) bond motifs is 1. The normalized spacial score (nSPS) is 22.0. The van der Waals surface area contributed by atoms with Gasteiger partial charge in [0.25, 0.3) is 0 Å². The topological polar surface area (TPSA) is 36.9 Å². The van der Waals surface area contributed by atoms with Gasteiger partial charge in [-0.2, -0.15) is 0 Å². The molecular weight excluding hydrogens is 542 g/mol. The molecule has 6 rings (SSSR count). The second kappa shape index (κ2) is 13.1. The summed E-state index contributed by atoms with van der Waals surface area (Å²) in [4.78, 5) is 0. The molecule has 0 aliphatic carbocycles. The Morgan fingerprint density at radius 2 is 0.818 bits per heavy atom. The van der Waals surface area contributed by atoms with E-state index in [1.165, 1.54) is 0 Å². The van der Waals surface area contributed by atoms with Crippen molar-refractivity contribution in [1.82, 2.24) is 0 Å². The van der Waals surface area contributed by atoms with Crippen LogP contribution < -0.4 is 0 Å². The maximum atomic E-state index is 7.32. The van der Waals surface area contributed by atoms with Gasteiger partial charge in [-0.25, -0.2) is 0 Å². The number of allylic oxidation sites excluding steroid dienone is 2. The van der Waals surface area contributed by atoms with Crippen molar-refractivity contribution in [1.29, 1.82) is 0 Å². The zero-order valence-electron chi connectivity index (χ0n) is 25.6. The first-order valence-electron chi connectivity index (χ1n) is 15.8. The van der Waals surface area contributed by atoms with E-state index in [1.54, 1.807) is 0 Å². The molecule has 44 heavy (non-hydrogen) atoms. The van der Waals surface area contributed by atoms with E-state index in [1.807, 2.05) is 36.4 Å². The summed E-state index contributed by atoms with van der Waals surface area (Å²) in [6, 6.07) is 41.7. The second-order valence-electron chi connectivity index (χ2n) is 11.6. The van der Waals surface area contributed by atoms with E-state index < -0.39 is 37.6 Å². The Morgan fingerprint density at radius 3 is 1.05 bits per heavy atom. The number of hydrogen-bond donors (Lipinski definition) is 0. The number of benzene rings is 4. The van der Waals surface area contributed by atoms with Gasteiger partial charge in [0.2, 0.25) is 0 Å². The Balaban J connectivity index is 1.70. The molecule has 2 heterocycles. The SMILES string of the molecule is C=C[C@@H](CC)B1O[C@@H]2[C@@H](OB([C@@H](C=C)CC)OC2(c2ccccc2)c2ccccc2)C(c2ccccc2)(c2ccccc2)O1. The fraction of sp³-hybridized carbons (Fsp3) is 0.263. The third-order valence-electron chi connectivity index (χ3n) is 9.30. The van der Waals surface area contributed by atoms with Gasteiger partial charge < -0.3 is 18.6 Å². The summed E-state index contributed by atoms with van der Waals surface area (Å²) in [6.45, 7) is 12.6. The van der Waals surface area contributed by atoms with Crippen LogP contribution in [0.15, 0.2) is 147 Å². The van der Waals surface area contributed by atoms with Crippen LogP contribution in [0.2, 0.25) is 11.6 Å². The van der Waals surface area contributed by atoms with E-state index in [2.05, 4.69) is 124 Å². The van der Waals surface area contributed by atoms with Gasteiger partial charge in [-0.15, -0.1) is 13.2 Å². The lowest BCUT2D eigenvalue weighted by atomic mass is 9.59. The predicted molar refractivity (Wildman–Crippen MR) is 179 cm³/mol. The minimum Gasteiger partial charge on any atom is -0.401 e. The van der Waals surface area contributed by atoms with Gasteiger partial charge in [0.15, 0.2) is 0 Å². The average Bonchev–Trinajstić information content (AvgIpc) is 3.10. The van der Waals surface area contributed by atoms with Crippen molar-refractivity contribution in [2.24, 2.45) is 0 Å². The Hall–Kier alpha value is -3.67. The van der Waals surface area contributed by atoms with Gasteiger partial charge in [0.05, 0.1) is 0 Å². The monoisotopic (exact) mass is 582 g/mol. The van der Waals surface area contributed by atoms with Crippen LogP contribution in [0, 0.1) is 0 Å². The third-order valence-corrected chi connectivity index (χ3v) is 9.30. The highest BCUT2D eigenvalue weighted by Gasteiger charge is 2.66. The molecule has 0 aromatic heterocycles. The average molecular weight is 582 g/mol. The van der Waals surface area contributed by atoms with Gasteiger partial charge in [-0.1, -0.05) is 160 Å². The van der Waals surface area contributed by atoms with Crippen molar-refractivity contribution in [3.8, 4) is 0 Å². The summed E-state index contributed by atoms with van der Waals surface area (Å²) in [6.07, 6.45) is 4.28. The molecule has 0 spiro atoms. The smallest absolute Gasteiger partial charge is 0.401 e. The van der Waals surface area contributed by atoms with Gasteiger partial charge in [0.1, 0.15) is 23.4 Å². The lowest BCUT2D eigenvalue weighted by Crippen LogP contribution is -2.72. The minimum atomic E-state index is -1.02. The van der Waals surface area contributed by atoms with Crippen LogP contribution in [0.25, 0.3) is 0 Å². The molecule has 0 radical (unpaired) electrons. The minimum absolute atomic E-state index is 0.0683. The van der Waals surface area contributed by atoms with Crippen molar-refractivity contribution in [3.63, 3.8) is 0 Å². The highest BCUT2D eigenvalue weighted by Crippen LogP contribution is 2.55. The van der Waals surface area contributed by atoms with Crippen molar-refractivity contribution >= 4 is 14.2 Å². The van der Waals surface area contributed by atoms with Crippen LogP contribution in [-0.2, 0) is 29.8 Å². The molecule has 2 saturated heterocycles. The first kappa shape index (κ1) is 30.4. The highest BCUT2D eigenvalue weighted by atomic mass is 16.7. The molecule has 2 fully saturated rings. The van der Waals surface area contributed by atoms with Crippen molar-refractivity contribution in [2.75, 3.05) is 0 Å². The number of hydrogen-bond acceptors (Lipinski definition) is 4. The molecule has 4 nitrogen and oxygen atoms in total. The van der Waals surface area contributed by atoms with Gasteiger partial charge in [-0.05, 0) is 22.3 Å². The molecule has 0 bridgehead atoms. The Morgan fingerprint density at radius 1 is 0.545 bits per heavy atom. The van der Waals surface area contributed by atoms with Gasteiger partial charge >= 0.3 is 14.2 Å². The fourth-order valence-corrected chi connectivity index (χ4v) is 6.93. The van der Waals surface area contributed by atoms with E-state index in [0.717, 1.165) is 35.1 Å². The molecule has 4 aromatic carbocycles. The van der Waals surface area contributed by atoms with Crippen LogP contribution >= 0.6 is 0 Å².